The number of rotatable bonds is 5. The second-order valence-corrected chi connectivity index (χ2v) is 7.41. The highest BCUT2D eigenvalue weighted by atomic mass is 79.9. The van der Waals surface area contributed by atoms with Crippen LogP contribution in [0.3, 0.4) is 0 Å². The summed E-state index contributed by atoms with van der Waals surface area (Å²) in [4.78, 5) is 38.0. The fourth-order valence-corrected chi connectivity index (χ4v) is 3.34. The molecular formula is C19H16BrClN2O3. The van der Waals surface area contributed by atoms with Crippen molar-refractivity contribution in [3.05, 3.63) is 62.6 Å². The van der Waals surface area contributed by atoms with Crippen LogP contribution in [0.2, 0.25) is 5.02 Å². The van der Waals surface area contributed by atoms with Gasteiger partial charge in [0, 0.05) is 28.1 Å². The molecule has 0 radical (unpaired) electrons. The van der Waals surface area contributed by atoms with Crippen LogP contribution in [0.1, 0.15) is 39.1 Å². The molecule has 1 aliphatic heterocycles. The normalized spacial score (nSPS) is 13.1. The average molecular weight is 436 g/mol. The van der Waals surface area contributed by atoms with Crippen molar-refractivity contribution in [3.63, 3.8) is 0 Å². The van der Waals surface area contributed by atoms with E-state index >= 15 is 0 Å². The van der Waals surface area contributed by atoms with Crippen LogP contribution in [0.15, 0.2) is 40.9 Å². The van der Waals surface area contributed by atoms with E-state index in [-0.39, 0.29) is 30.7 Å². The zero-order valence-electron chi connectivity index (χ0n) is 14.0. The Kier molecular flexibility index (Phi) is 5.44. The quantitative estimate of drug-likeness (QED) is 0.707. The van der Waals surface area contributed by atoms with Gasteiger partial charge < -0.3 is 5.32 Å². The number of nitrogens with zero attached hydrogens (tertiary/aromatic N) is 1. The molecule has 0 atom stereocenters. The molecule has 0 saturated heterocycles. The zero-order chi connectivity index (χ0) is 18.8. The summed E-state index contributed by atoms with van der Waals surface area (Å²) in [5.41, 5.74) is 2.36. The van der Waals surface area contributed by atoms with E-state index in [9.17, 15) is 14.4 Å². The highest BCUT2D eigenvalue weighted by molar-refractivity contribution is 9.10. The van der Waals surface area contributed by atoms with Crippen molar-refractivity contribution in [1.29, 1.82) is 0 Å². The number of hydrogen-bond acceptors (Lipinski definition) is 3. The lowest BCUT2D eigenvalue weighted by Gasteiger charge is -2.14. The predicted octanol–water partition coefficient (Wildman–Crippen LogP) is 4.43. The van der Waals surface area contributed by atoms with Gasteiger partial charge in [0.2, 0.25) is 5.91 Å². The van der Waals surface area contributed by atoms with E-state index < -0.39 is 0 Å². The summed E-state index contributed by atoms with van der Waals surface area (Å²) in [6, 6.07) is 10.3. The molecule has 134 valence electrons. The fourth-order valence-electron chi connectivity index (χ4n) is 2.81. The van der Waals surface area contributed by atoms with Gasteiger partial charge in [0.1, 0.15) is 0 Å². The van der Waals surface area contributed by atoms with Gasteiger partial charge >= 0.3 is 0 Å². The van der Waals surface area contributed by atoms with E-state index in [1.807, 2.05) is 13.0 Å². The smallest absolute Gasteiger partial charge is 0.261 e. The van der Waals surface area contributed by atoms with Crippen molar-refractivity contribution < 1.29 is 14.4 Å². The summed E-state index contributed by atoms with van der Waals surface area (Å²) in [7, 11) is 0. The lowest BCUT2D eigenvalue weighted by atomic mass is 10.1. The molecule has 0 saturated carbocycles. The second kappa shape index (κ2) is 7.60. The highest BCUT2D eigenvalue weighted by Gasteiger charge is 2.35. The third-order valence-electron chi connectivity index (χ3n) is 4.19. The number of halogens is 2. The first kappa shape index (κ1) is 18.6. The van der Waals surface area contributed by atoms with E-state index in [1.54, 1.807) is 30.3 Å². The maximum atomic E-state index is 12.4. The van der Waals surface area contributed by atoms with Crippen LogP contribution < -0.4 is 5.32 Å². The minimum atomic E-state index is -0.322. The number of benzene rings is 2. The topological polar surface area (TPSA) is 66.5 Å². The van der Waals surface area contributed by atoms with Crippen molar-refractivity contribution >= 4 is 50.9 Å². The lowest BCUT2D eigenvalue weighted by molar-refractivity contribution is -0.116. The fraction of sp³-hybridized carbons (Fsp3) is 0.211. The first-order chi connectivity index (χ1) is 12.4. The molecule has 0 unspecified atom stereocenters. The molecule has 1 heterocycles. The van der Waals surface area contributed by atoms with Gasteiger partial charge in [-0.05, 0) is 49.2 Å². The minimum Gasteiger partial charge on any atom is -0.326 e. The van der Waals surface area contributed by atoms with Crippen LogP contribution in [0.5, 0.6) is 0 Å². The number of hydrogen-bond donors (Lipinski definition) is 1. The molecule has 0 bridgehead atoms. The summed E-state index contributed by atoms with van der Waals surface area (Å²) in [6.07, 6.45) is 0.584. The Balaban J connectivity index is 1.57. The molecule has 1 N–H and O–H groups in total. The Morgan fingerprint density at radius 3 is 2.62 bits per heavy atom. The highest BCUT2D eigenvalue weighted by Crippen LogP contribution is 2.26. The van der Waals surface area contributed by atoms with Crippen LogP contribution in [0.25, 0.3) is 0 Å². The molecule has 1 aliphatic rings. The van der Waals surface area contributed by atoms with Crippen LogP contribution in [0.4, 0.5) is 5.69 Å². The van der Waals surface area contributed by atoms with Crippen molar-refractivity contribution in [2.75, 3.05) is 11.9 Å². The van der Waals surface area contributed by atoms with Crippen molar-refractivity contribution in [2.45, 2.75) is 19.8 Å². The van der Waals surface area contributed by atoms with Gasteiger partial charge in [0.25, 0.3) is 11.8 Å². The summed E-state index contributed by atoms with van der Waals surface area (Å²) in [5, 5.41) is 3.35. The molecule has 26 heavy (non-hydrogen) atoms. The van der Waals surface area contributed by atoms with Gasteiger partial charge in [0.05, 0.1) is 11.1 Å². The molecule has 0 aromatic heterocycles. The summed E-state index contributed by atoms with van der Waals surface area (Å²) in [6.45, 7) is 2.08. The van der Waals surface area contributed by atoms with Gasteiger partial charge in [-0.3, -0.25) is 19.3 Å². The van der Waals surface area contributed by atoms with Gasteiger partial charge in [-0.15, -0.1) is 0 Å². The van der Waals surface area contributed by atoms with Crippen molar-refractivity contribution in [1.82, 2.24) is 4.90 Å². The molecule has 0 spiro atoms. The number of imide groups is 1. The van der Waals surface area contributed by atoms with Gasteiger partial charge in [-0.25, -0.2) is 0 Å². The zero-order valence-corrected chi connectivity index (χ0v) is 16.4. The molecule has 3 rings (SSSR count). The number of aryl methyl sites for hydroxylation is 1. The number of carbonyl (C=O) groups excluding carboxylic acids is 3. The summed E-state index contributed by atoms with van der Waals surface area (Å²) >= 11 is 9.24. The predicted molar refractivity (Wildman–Crippen MR) is 104 cm³/mol. The number of carbonyl (C=O) groups is 3. The Morgan fingerprint density at radius 2 is 1.85 bits per heavy atom. The lowest BCUT2D eigenvalue weighted by Crippen LogP contribution is -2.31. The molecule has 3 amide bonds. The van der Waals surface area contributed by atoms with E-state index in [0.29, 0.717) is 28.3 Å². The Morgan fingerprint density at radius 1 is 1.12 bits per heavy atom. The van der Waals surface area contributed by atoms with Crippen LogP contribution in [0, 0.1) is 6.92 Å². The largest absolute Gasteiger partial charge is 0.326 e. The van der Waals surface area contributed by atoms with Crippen LogP contribution in [-0.2, 0) is 4.79 Å². The molecule has 0 fully saturated rings. The maximum Gasteiger partial charge on any atom is 0.261 e. The van der Waals surface area contributed by atoms with E-state index in [2.05, 4.69) is 21.2 Å². The van der Waals surface area contributed by atoms with E-state index in [1.165, 1.54) is 4.90 Å². The Labute approximate surface area is 164 Å². The monoisotopic (exact) mass is 434 g/mol. The standard InChI is InChI=1S/C19H16BrClN2O3/c1-11-4-6-13(21)10-16(11)22-17(24)3-2-8-23-18(25)14-7-5-12(20)9-15(14)19(23)26/h4-7,9-10H,2-3,8H2,1H3,(H,22,24). The van der Waals surface area contributed by atoms with Gasteiger partial charge in [-0.1, -0.05) is 33.6 Å². The third kappa shape index (κ3) is 3.81. The number of nitrogens with one attached hydrogen (secondary N) is 1. The Hall–Kier alpha value is -2.18. The molecule has 2 aromatic rings. The van der Waals surface area contributed by atoms with Gasteiger partial charge in [0.15, 0.2) is 0 Å². The molecule has 0 aliphatic carbocycles. The molecule has 5 nitrogen and oxygen atoms in total. The van der Waals surface area contributed by atoms with Crippen molar-refractivity contribution in [3.8, 4) is 0 Å². The second-order valence-electron chi connectivity index (χ2n) is 6.06. The van der Waals surface area contributed by atoms with Crippen LogP contribution >= 0.6 is 27.5 Å². The van der Waals surface area contributed by atoms with Gasteiger partial charge in [-0.2, -0.15) is 0 Å². The minimum absolute atomic E-state index is 0.185. The van der Waals surface area contributed by atoms with E-state index in [4.69, 9.17) is 11.6 Å². The number of anilines is 1. The number of fused-ring (bicyclic) bond motifs is 1. The SMILES string of the molecule is Cc1ccc(Cl)cc1NC(=O)CCCN1C(=O)c2ccc(Br)cc2C1=O. The summed E-state index contributed by atoms with van der Waals surface area (Å²) in [5.74, 6) is -0.823. The Bertz CT molecular complexity index is 914. The molecule has 7 heteroatoms. The number of amides is 3. The average Bonchev–Trinajstić information content (AvgIpc) is 2.82. The molecular weight excluding hydrogens is 420 g/mol. The maximum absolute atomic E-state index is 12.4. The third-order valence-corrected chi connectivity index (χ3v) is 4.92. The van der Waals surface area contributed by atoms with Crippen LogP contribution in [-0.4, -0.2) is 29.2 Å². The van der Waals surface area contributed by atoms with E-state index in [0.717, 1.165) is 10.0 Å². The molecule has 2 aromatic carbocycles. The van der Waals surface area contributed by atoms with Crippen molar-refractivity contribution in [2.24, 2.45) is 0 Å². The first-order valence-electron chi connectivity index (χ1n) is 8.08. The first-order valence-corrected chi connectivity index (χ1v) is 9.25. The summed E-state index contributed by atoms with van der Waals surface area (Å²) < 4.78 is 0.746.